The average molecular weight is 247 g/mol. The van der Waals surface area contributed by atoms with Crippen molar-refractivity contribution in [3.05, 3.63) is 35.1 Å². The van der Waals surface area contributed by atoms with E-state index < -0.39 is 5.82 Å². The predicted molar refractivity (Wildman–Crippen MR) is 64.0 cm³/mol. The number of carbonyl (C=O) groups is 1. The second-order valence-electron chi connectivity index (χ2n) is 4.36. The second-order valence-corrected chi connectivity index (χ2v) is 4.36. The van der Waals surface area contributed by atoms with Crippen LogP contribution in [-0.2, 0) is 11.3 Å². The van der Waals surface area contributed by atoms with Crippen LogP contribution in [0.25, 0.3) is 0 Å². The smallest absolute Gasteiger partial charge is 0.234 e. The van der Waals surface area contributed by atoms with Crippen LogP contribution in [0.1, 0.15) is 24.0 Å². The molecule has 0 radical (unpaired) electrons. The maximum atomic E-state index is 13.5. The Morgan fingerprint density at radius 1 is 1.50 bits per heavy atom. The van der Waals surface area contributed by atoms with Gasteiger partial charge in [-0.1, -0.05) is 6.07 Å². The first-order valence-corrected chi connectivity index (χ1v) is 5.87. The van der Waals surface area contributed by atoms with E-state index in [1.54, 1.807) is 12.1 Å². The Kier molecular flexibility index (Phi) is 3.90. The van der Waals surface area contributed by atoms with E-state index in [9.17, 15) is 9.18 Å². The van der Waals surface area contributed by atoms with Crippen LogP contribution < -0.4 is 10.6 Å². The van der Waals surface area contributed by atoms with E-state index in [1.165, 1.54) is 6.07 Å². The van der Waals surface area contributed by atoms with E-state index in [-0.39, 0.29) is 19.0 Å². The van der Waals surface area contributed by atoms with Crippen LogP contribution in [-0.4, -0.2) is 18.5 Å². The fourth-order valence-electron chi connectivity index (χ4n) is 1.58. The first-order chi connectivity index (χ1) is 8.69. The lowest BCUT2D eigenvalue weighted by Gasteiger charge is -2.06. The van der Waals surface area contributed by atoms with Gasteiger partial charge >= 0.3 is 0 Å². The molecule has 94 valence electrons. The molecule has 1 aromatic rings. The zero-order chi connectivity index (χ0) is 13.0. The van der Waals surface area contributed by atoms with Crippen molar-refractivity contribution >= 4 is 5.91 Å². The molecule has 1 fully saturated rings. The number of benzene rings is 1. The highest BCUT2D eigenvalue weighted by Crippen LogP contribution is 2.18. The number of carbonyl (C=O) groups excluding carboxylic acids is 1. The molecule has 1 aliphatic carbocycles. The van der Waals surface area contributed by atoms with E-state index in [1.807, 2.05) is 6.07 Å². The summed E-state index contributed by atoms with van der Waals surface area (Å²) in [4.78, 5) is 11.4. The van der Waals surface area contributed by atoms with Crippen LogP contribution in [0.3, 0.4) is 0 Å². The molecule has 0 aromatic heterocycles. The Bertz CT molecular complexity index is 491. The number of nitrogens with one attached hydrogen (secondary N) is 2. The number of amides is 1. The topological polar surface area (TPSA) is 64.9 Å². The Labute approximate surface area is 105 Å². The summed E-state index contributed by atoms with van der Waals surface area (Å²) in [6.45, 7) is 0.450. The van der Waals surface area contributed by atoms with Crippen molar-refractivity contribution in [2.45, 2.75) is 25.4 Å². The highest BCUT2D eigenvalue weighted by atomic mass is 19.1. The van der Waals surface area contributed by atoms with Gasteiger partial charge in [-0.2, -0.15) is 5.26 Å². The third-order valence-corrected chi connectivity index (χ3v) is 2.73. The first kappa shape index (κ1) is 12.5. The van der Waals surface area contributed by atoms with E-state index >= 15 is 0 Å². The van der Waals surface area contributed by atoms with E-state index in [4.69, 9.17) is 5.26 Å². The minimum absolute atomic E-state index is 0.0634. The Balaban J connectivity index is 1.79. The molecule has 0 unspecified atom stereocenters. The number of hydrogen-bond acceptors (Lipinski definition) is 3. The maximum absolute atomic E-state index is 13.5. The molecule has 1 saturated carbocycles. The van der Waals surface area contributed by atoms with Crippen molar-refractivity contribution in [3.63, 3.8) is 0 Å². The molecular formula is C13H14FN3O. The Morgan fingerprint density at radius 3 is 2.89 bits per heavy atom. The van der Waals surface area contributed by atoms with E-state index in [0.717, 1.165) is 12.8 Å². The van der Waals surface area contributed by atoms with Crippen LogP contribution >= 0.6 is 0 Å². The van der Waals surface area contributed by atoms with Crippen molar-refractivity contribution in [3.8, 4) is 6.07 Å². The summed E-state index contributed by atoms with van der Waals surface area (Å²) in [7, 11) is 0. The molecule has 1 aliphatic rings. The van der Waals surface area contributed by atoms with Crippen molar-refractivity contribution in [2.75, 3.05) is 6.54 Å². The van der Waals surface area contributed by atoms with Gasteiger partial charge in [0.15, 0.2) is 0 Å². The zero-order valence-corrected chi connectivity index (χ0v) is 9.87. The van der Waals surface area contributed by atoms with Crippen molar-refractivity contribution in [1.29, 1.82) is 5.26 Å². The van der Waals surface area contributed by atoms with E-state index in [0.29, 0.717) is 17.2 Å². The molecule has 1 aromatic carbocycles. The van der Waals surface area contributed by atoms with E-state index in [2.05, 4.69) is 10.6 Å². The molecule has 1 amide bonds. The minimum atomic E-state index is -0.427. The molecule has 5 heteroatoms. The number of nitriles is 1. The van der Waals surface area contributed by atoms with Crippen LogP contribution in [0.2, 0.25) is 0 Å². The zero-order valence-electron chi connectivity index (χ0n) is 9.87. The van der Waals surface area contributed by atoms with Crippen molar-refractivity contribution in [2.24, 2.45) is 0 Å². The predicted octanol–water partition coefficient (Wildman–Crippen LogP) is 1.07. The Morgan fingerprint density at radius 2 is 2.28 bits per heavy atom. The molecule has 0 bridgehead atoms. The number of halogens is 1. The van der Waals surface area contributed by atoms with Gasteiger partial charge in [-0.3, -0.25) is 4.79 Å². The molecule has 0 atom stereocenters. The van der Waals surface area contributed by atoms with Gasteiger partial charge in [0, 0.05) is 18.2 Å². The first-order valence-electron chi connectivity index (χ1n) is 5.87. The van der Waals surface area contributed by atoms with Gasteiger partial charge in [0.05, 0.1) is 18.2 Å². The molecule has 0 aliphatic heterocycles. The summed E-state index contributed by atoms with van der Waals surface area (Å²) in [6, 6.07) is 6.52. The van der Waals surface area contributed by atoms with Gasteiger partial charge in [0.25, 0.3) is 0 Å². The van der Waals surface area contributed by atoms with Crippen LogP contribution in [0, 0.1) is 17.1 Å². The fraction of sp³-hybridized carbons (Fsp3) is 0.385. The maximum Gasteiger partial charge on any atom is 0.234 e. The normalized spacial score (nSPS) is 14.0. The molecule has 0 heterocycles. The van der Waals surface area contributed by atoms with Gasteiger partial charge in [0.1, 0.15) is 5.82 Å². The summed E-state index contributed by atoms with van der Waals surface area (Å²) in [5.41, 5.74) is 0.746. The molecule has 0 saturated heterocycles. The molecule has 2 rings (SSSR count). The fourth-order valence-corrected chi connectivity index (χ4v) is 1.58. The lowest BCUT2D eigenvalue weighted by atomic mass is 10.1. The SMILES string of the molecule is N#Cc1ccc(CNCC(=O)NC2CC2)c(F)c1. The number of hydrogen-bond donors (Lipinski definition) is 2. The van der Waals surface area contributed by atoms with Crippen LogP contribution in [0.5, 0.6) is 0 Å². The molecule has 2 N–H and O–H groups in total. The monoisotopic (exact) mass is 247 g/mol. The summed E-state index contributed by atoms with van der Waals surface area (Å²) in [5.74, 6) is -0.490. The molecular weight excluding hydrogens is 233 g/mol. The third kappa shape index (κ3) is 3.54. The largest absolute Gasteiger partial charge is 0.352 e. The van der Waals surface area contributed by atoms with Crippen LogP contribution in [0.15, 0.2) is 18.2 Å². The number of rotatable bonds is 5. The molecule has 18 heavy (non-hydrogen) atoms. The van der Waals surface area contributed by atoms with Gasteiger partial charge in [-0.05, 0) is 25.0 Å². The molecule has 0 spiro atoms. The van der Waals surface area contributed by atoms with Crippen molar-refractivity contribution < 1.29 is 9.18 Å². The quantitative estimate of drug-likeness (QED) is 0.818. The summed E-state index contributed by atoms with van der Waals surface area (Å²) < 4.78 is 13.5. The lowest BCUT2D eigenvalue weighted by molar-refractivity contribution is -0.120. The number of nitrogens with zero attached hydrogens (tertiary/aromatic N) is 1. The Hall–Kier alpha value is -1.93. The minimum Gasteiger partial charge on any atom is -0.352 e. The highest BCUT2D eigenvalue weighted by Gasteiger charge is 2.22. The standard InChI is InChI=1S/C13H14FN3O/c14-12-5-9(6-15)1-2-10(12)7-16-8-13(18)17-11-3-4-11/h1-2,5,11,16H,3-4,7-8H2,(H,17,18). The lowest BCUT2D eigenvalue weighted by Crippen LogP contribution is -2.34. The van der Waals surface area contributed by atoms with Gasteiger partial charge in [-0.15, -0.1) is 0 Å². The third-order valence-electron chi connectivity index (χ3n) is 2.73. The average Bonchev–Trinajstić information content (AvgIpc) is 3.15. The highest BCUT2D eigenvalue weighted by molar-refractivity contribution is 5.78. The van der Waals surface area contributed by atoms with Gasteiger partial charge in [-0.25, -0.2) is 4.39 Å². The summed E-state index contributed by atoms with van der Waals surface area (Å²) in [5, 5.41) is 14.3. The van der Waals surface area contributed by atoms with Gasteiger partial charge in [0.2, 0.25) is 5.91 Å². The second kappa shape index (κ2) is 5.61. The van der Waals surface area contributed by atoms with Gasteiger partial charge < -0.3 is 10.6 Å². The summed E-state index contributed by atoms with van der Waals surface area (Å²) >= 11 is 0. The molecule has 4 nitrogen and oxygen atoms in total. The van der Waals surface area contributed by atoms with Crippen LogP contribution in [0.4, 0.5) is 4.39 Å². The summed E-state index contributed by atoms with van der Waals surface area (Å²) in [6.07, 6.45) is 2.10. The van der Waals surface area contributed by atoms with Crippen molar-refractivity contribution in [1.82, 2.24) is 10.6 Å².